The van der Waals surface area contributed by atoms with Gasteiger partial charge in [0.1, 0.15) is 0 Å². The number of fused-ring (bicyclic) bond motifs is 1. The van der Waals surface area contributed by atoms with E-state index in [0.717, 1.165) is 22.1 Å². The number of nitrogens with zero attached hydrogens (tertiary/aromatic N) is 2. The highest BCUT2D eigenvalue weighted by Gasteiger charge is 2.27. The summed E-state index contributed by atoms with van der Waals surface area (Å²) < 4.78 is 0.904. The van der Waals surface area contributed by atoms with Gasteiger partial charge in [0, 0.05) is 31.0 Å². The van der Waals surface area contributed by atoms with Crippen molar-refractivity contribution in [3.63, 3.8) is 0 Å². The third kappa shape index (κ3) is 3.20. The number of anilines is 2. The zero-order valence-corrected chi connectivity index (χ0v) is 14.2. The molecule has 1 aromatic rings. The standard InChI is InChI=1S/C15H20BrN3O2/c1-4-18(5-2)15(21)17-13-9-12(16)8-11-6-7-19(10(3)20)14(11)13/h8-9H,4-7H2,1-3H3,(H,17,21). The molecule has 2 rings (SSSR count). The van der Waals surface area contributed by atoms with Crippen LogP contribution in [0.1, 0.15) is 26.3 Å². The lowest BCUT2D eigenvalue weighted by Crippen LogP contribution is -2.35. The van der Waals surface area contributed by atoms with Gasteiger partial charge in [-0.15, -0.1) is 0 Å². The van der Waals surface area contributed by atoms with Gasteiger partial charge in [0.25, 0.3) is 0 Å². The van der Waals surface area contributed by atoms with Crippen LogP contribution in [0.4, 0.5) is 16.2 Å². The zero-order valence-electron chi connectivity index (χ0n) is 12.6. The number of rotatable bonds is 3. The van der Waals surface area contributed by atoms with Crippen molar-refractivity contribution in [2.24, 2.45) is 0 Å². The van der Waals surface area contributed by atoms with E-state index >= 15 is 0 Å². The van der Waals surface area contributed by atoms with Crippen molar-refractivity contribution in [3.8, 4) is 0 Å². The number of halogens is 1. The average Bonchev–Trinajstić information content (AvgIpc) is 2.83. The Bertz CT molecular complexity index is 570. The van der Waals surface area contributed by atoms with Gasteiger partial charge < -0.3 is 15.1 Å². The molecule has 0 aromatic heterocycles. The predicted octanol–water partition coefficient (Wildman–Crippen LogP) is 3.23. The summed E-state index contributed by atoms with van der Waals surface area (Å²) in [6.45, 7) is 7.39. The van der Waals surface area contributed by atoms with E-state index in [1.54, 1.807) is 16.7 Å². The van der Waals surface area contributed by atoms with Crippen LogP contribution in [0, 0.1) is 0 Å². The molecule has 1 N–H and O–H groups in total. The topological polar surface area (TPSA) is 52.7 Å². The first-order valence-corrected chi connectivity index (χ1v) is 7.93. The van der Waals surface area contributed by atoms with Gasteiger partial charge in [-0.05, 0) is 38.0 Å². The third-order valence-corrected chi connectivity index (χ3v) is 4.16. The Hall–Kier alpha value is -1.56. The Kier molecular flexibility index (Phi) is 4.88. The van der Waals surface area contributed by atoms with Crippen LogP contribution in [0.15, 0.2) is 16.6 Å². The molecule has 0 atom stereocenters. The maximum absolute atomic E-state index is 12.3. The highest BCUT2D eigenvalue weighted by atomic mass is 79.9. The molecular formula is C15H20BrN3O2. The lowest BCUT2D eigenvalue weighted by molar-refractivity contribution is -0.116. The van der Waals surface area contributed by atoms with Crippen molar-refractivity contribution >= 4 is 39.2 Å². The van der Waals surface area contributed by atoms with Gasteiger partial charge in [-0.1, -0.05) is 15.9 Å². The summed E-state index contributed by atoms with van der Waals surface area (Å²) in [4.78, 5) is 27.5. The van der Waals surface area contributed by atoms with Crippen molar-refractivity contribution in [2.45, 2.75) is 27.2 Å². The van der Waals surface area contributed by atoms with Crippen LogP contribution in [0.25, 0.3) is 0 Å². The number of hydrogen-bond donors (Lipinski definition) is 1. The van der Waals surface area contributed by atoms with Gasteiger partial charge in [0.15, 0.2) is 0 Å². The fourth-order valence-corrected chi connectivity index (χ4v) is 3.13. The van der Waals surface area contributed by atoms with E-state index in [-0.39, 0.29) is 11.9 Å². The molecule has 3 amide bonds. The minimum absolute atomic E-state index is 0.00518. The molecule has 0 saturated carbocycles. The van der Waals surface area contributed by atoms with Gasteiger partial charge in [0.2, 0.25) is 5.91 Å². The van der Waals surface area contributed by atoms with Crippen LogP contribution in [-0.2, 0) is 11.2 Å². The first kappa shape index (κ1) is 15.8. The second kappa shape index (κ2) is 6.47. The molecule has 6 heteroatoms. The molecule has 0 spiro atoms. The smallest absolute Gasteiger partial charge is 0.321 e. The van der Waals surface area contributed by atoms with Crippen LogP contribution >= 0.6 is 15.9 Å². The Morgan fingerprint density at radius 2 is 2.00 bits per heavy atom. The quantitative estimate of drug-likeness (QED) is 0.906. The number of benzene rings is 1. The summed E-state index contributed by atoms with van der Waals surface area (Å²) in [5.41, 5.74) is 2.59. The molecule has 1 heterocycles. The van der Waals surface area contributed by atoms with E-state index < -0.39 is 0 Å². The third-order valence-electron chi connectivity index (χ3n) is 3.70. The number of urea groups is 1. The van der Waals surface area contributed by atoms with Gasteiger partial charge in [0.05, 0.1) is 11.4 Å². The van der Waals surface area contributed by atoms with Gasteiger partial charge in [-0.2, -0.15) is 0 Å². The van der Waals surface area contributed by atoms with E-state index in [9.17, 15) is 9.59 Å². The second-order valence-electron chi connectivity index (χ2n) is 4.98. The molecule has 1 aliphatic rings. The lowest BCUT2D eigenvalue weighted by atomic mass is 10.1. The average molecular weight is 354 g/mol. The zero-order chi connectivity index (χ0) is 15.6. The molecule has 0 bridgehead atoms. The molecule has 0 radical (unpaired) electrons. The van der Waals surface area contributed by atoms with Crippen molar-refractivity contribution in [1.29, 1.82) is 0 Å². The van der Waals surface area contributed by atoms with Crippen LogP contribution < -0.4 is 10.2 Å². The van der Waals surface area contributed by atoms with Gasteiger partial charge in [-0.3, -0.25) is 4.79 Å². The molecule has 0 saturated heterocycles. The van der Waals surface area contributed by atoms with Crippen molar-refractivity contribution in [2.75, 3.05) is 29.9 Å². The minimum atomic E-state index is -0.143. The molecule has 0 fully saturated rings. The van der Waals surface area contributed by atoms with Crippen molar-refractivity contribution in [3.05, 3.63) is 22.2 Å². The Labute approximate surface area is 133 Å². The van der Waals surface area contributed by atoms with E-state index in [1.165, 1.54) is 0 Å². The summed E-state index contributed by atoms with van der Waals surface area (Å²) >= 11 is 3.47. The highest BCUT2D eigenvalue weighted by molar-refractivity contribution is 9.10. The van der Waals surface area contributed by atoms with Crippen LogP contribution in [0.5, 0.6) is 0 Å². The van der Waals surface area contributed by atoms with E-state index in [1.807, 2.05) is 26.0 Å². The molecule has 1 aliphatic heterocycles. The predicted molar refractivity (Wildman–Crippen MR) is 87.8 cm³/mol. The number of carbonyl (C=O) groups is 2. The fraction of sp³-hybridized carbons (Fsp3) is 0.467. The SMILES string of the molecule is CCN(CC)C(=O)Nc1cc(Br)cc2c1N(C(C)=O)CC2. The summed E-state index contributed by atoms with van der Waals surface area (Å²) in [6.07, 6.45) is 0.808. The molecular weight excluding hydrogens is 334 g/mol. The number of hydrogen-bond acceptors (Lipinski definition) is 2. The maximum atomic E-state index is 12.3. The Morgan fingerprint density at radius 3 is 2.57 bits per heavy atom. The molecule has 0 aliphatic carbocycles. The summed E-state index contributed by atoms with van der Waals surface area (Å²) in [5, 5.41) is 2.93. The van der Waals surface area contributed by atoms with Crippen molar-refractivity contribution < 1.29 is 9.59 Å². The van der Waals surface area contributed by atoms with Gasteiger partial charge >= 0.3 is 6.03 Å². The Balaban J connectivity index is 2.36. The minimum Gasteiger partial charge on any atom is -0.325 e. The number of amides is 3. The van der Waals surface area contributed by atoms with Crippen LogP contribution in [0.3, 0.4) is 0 Å². The molecule has 5 nitrogen and oxygen atoms in total. The first-order valence-electron chi connectivity index (χ1n) is 7.14. The first-order chi connectivity index (χ1) is 9.97. The fourth-order valence-electron chi connectivity index (χ4n) is 2.62. The normalized spacial score (nSPS) is 13.0. The second-order valence-corrected chi connectivity index (χ2v) is 5.90. The number of carbonyl (C=O) groups excluding carboxylic acids is 2. The summed E-state index contributed by atoms with van der Waals surface area (Å²) in [6, 6.07) is 3.71. The monoisotopic (exact) mass is 353 g/mol. The molecule has 21 heavy (non-hydrogen) atoms. The summed E-state index contributed by atoms with van der Waals surface area (Å²) in [5.74, 6) is -0.00518. The Morgan fingerprint density at radius 1 is 1.33 bits per heavy atom. The van der Waals surface area contributed by atoms with E-state index in [2.05, 4.69) is 21.2 Å². The highest BCUT2D eigenvalue weighted by Crippen LogP contribution is 2.38. The molecule has 0 unspecified atom stereocenters. The molecule has 1 aromatic carbocycles. The summed E-state index contributed by atoms with van der Waals surface area (Å²) in [7, 11) is 0. The van der Waals surface area contributed by atoms with Crippen LogP contribution in [-0.4, -0.2) is 36.5 Å². The van der Waals surface area contributed by atoms with Crippen LogP contribution in [0.2, 0.25) is 0 Å². The maximum Gasteiger partial charge on any atom is 0.321 e. The lowest BCUT2D eigenvalue weighted by Gasteiger charge is -2.23. The van der Waals surface area contributed by atoms with Gasteiger partial charge in [-0.25, -0.2) is 4.79 Å². The van der Waals surface area contributed by atoms with Crippen molar-refractivity contribution in [1.82, 2.24) is 4.90 Å². The largest absolute Gasteiger partial charge is 0.325 e. The number of nitrogens with one attached hydrogen (secondary N) is 1. The van der Waals surface area contributed by atoms with E-state index in [0.29, 0.717) is 25.3 Å². The van der Waals surface area contributed by atoms with E-state index in [4.69, 9.17) is 0 Å². The molecule has 114 valence electrons.